The molecule has 2 nitrogen and oxygen atoms in total. The summed E-state index contributed by atoms with van der Waals surface area (Å²) < 4.78 is 2.15. The highest BCUT2D eigenvalue weighted by Gasteiger charge is 2.22. The van der Waals surface area contributed by atoms with E-state index in [1.807, 2.05) is 73.8 Å². The van der Waals surface area contributed by atoms with Crippen molar-refractivity contribution >= 4 is 38.7 Å². The largest absolute Gasteiger partial charge is 0.281 e. The van der Waals surface area contributed by atoms with E-state index in [9.17, 15) is 4.79 Å². The van der Waals surface area contributed by atoms with Gasteiger partial charge in [-0.3, -0.25) is 4.79 Å². The summed E-state index contributed by atoms with van der Waals surface area (Å²) >= 11 is 1.28. The maximum atomic E-state index is 13.1. The Bertz CT molecular complexity index is 1000. The maximum Gasteiger partial charge on any atom is 0.225 e. The van der Waals surface area contributed by atoms with Gasteiger partial charge in [-0.1, -0.05) is 42.5 Å². The molecule has 0 amide bonds. The first kappa shape index (κ1) is 14.9. The predicted octanol–water partition coefficient (Wildman–Crippen LogP) is 4.75. The molecule has 0 saturated carbocycles. The number of hydrogen-bond donors (Lipinski definition) is 0. The Balaban J connectivity index is 1.98. The Morgan fingerprint density at radius 2 is 1.25 bits per heavy atom. The Labute approximate surface area is 144 Å². The molecule has 3 heteroatoms. The van der Waals surface area contributed by atoms with Gasteiger partial charge in [0.25, 0.3) is 0 Å². The first-order chi connectivity index (χ1) is 11.8. The Morgan fingerprint density at radius 3 is 1.83 bits per heavy atom. The molecule has 24 heavy (non-hydrogen) atoms. The zero-order valence-corrected chi connectivity index (χ0v) is 14.1. The SMILES string of the molecule is C[n+]1c2ccccc2c(C(=O)Sc2ccccc2)c2ccccc21. The van der Waals surface area contributed by atoms with E-state index in [-0.39, 0.29) is 5.12 Å². The summed E-state index contributed by atoms with van der Waals surface area (Å²) in [7, 11) is 2.04. The lowest BCUT2D eigenvalue weighted by Gasteiger charge is -2.09. The van der Waals surface area contributed by atoms with Gasteiger partial charge in [0.2, 0.25) is 16.1 Å². The number of aryl methyl sites for hydroxylation is 1. The van der Waals surface area contributed by atoms with Gasteiger partial charge in [-0.05, 0) is 36.0 Å². The van der Waals surface area contributed by atoms with Crippen molar-refractivity contribution in [3.8, 4) is 0 Å². The molecule has 0 N–H and O–H groups in total. The van der Waals surface area contributed by atoms with Crippen LogP contribution in [-0.2, 0) is 7.05 Å². The van der Waals surface area contributed by atoms with Gasteiger partial charge >= 0.3 is 0 Å². The number of nitrogens with zero attached hydrogens (tertiary/aromatic N) is 1. The Morgan fingerprint density at radius 1 is 0.750 bits per heavy atom. The number of hydrogen-bond acceptors (Lipinski definition) is 2. The molecule has 0 saturated heterocycles. The zero-order chi connectivity index (χ0) is 16.5. The zero-order valence-electron chi connectivity index (χ0n) is 13.3. The molecule has 0 fully saturated rings. The molecule has 0 spiro atoms. The standard InChI is InChI=1S/C21H16NOS/c1-22-18-13-7-5-11-16(18)20(17-12-6-8-14-19(17)22)21(23)24-15-9-3-2-4-10-15/h2-14H,1H3/q+1. The predicted molar refractivity (Wildman–Crippen MR) is 99.3 cm³/mol. The van der Waals surface area contributed by atoms with E-state index >= 15 is 0 Å². The molecule has 1 heterocycles. The third kappa shape index (κ3) is 2.47. The van der Waals surface area contributed by atoms with Crippen LogP contribution in [0.3, 0.4) is 0 Å². The van der Waals surface area contributed by atoms with E-state index in [2.05, 4.69) is 16.7 Å². The van der Waals surface area contributed by atoms with E-state index in [4.69, 9.17) is 0 Å². The minimum Gasteiger partial charge on any atom is -0.281 e. The third-order valence-electron chi connectivity index (χ3n) is 4.23. The van der Waals surface area contributed by atoms with Gasteiger partial charge < -0.3 is 0 Å². The van der Waals surface area contributed by atoms with Gasteiger partial charge in [0.15, 0.2) is 0 Å². The fourth-order valence-corrected chi connectivity index (χ4v) is 3.93. The normalized spacial score (nSPS) is 11.0. The minimum atomic E-state index is 0.0780. The van der Waals surface area contributed by atoms with Gasteiger partial charge in [-0.25, -0.2) is 0 Å². The number of carbonyl (C=O) groups excluding carboxylic acids is 1. The number of pyridine rings is 1. The topological polar surface area (TPSA) is 20.9 Å². The smallest absolute Gasteiger partial charge is 0.225 e. The highest BCUT2D eigenvalue weighted by Crippen LogP contribution is 2.31. The van der Waals surface area contributed by atoms with Crippen LogP contribution in [0.1, 0.15) is 10.4 Å². The van der Waals surface area contributed by atoms with Crippen molar-refractivity contribution < 1.29 is 9.36 Å². The van der Waals surface area contributed by atoms with Crippen LogP contribution in [0, 0.1) is 0 Å². The number of thioether (sulfide) groups is 1. The lowest BCUT2D eigenvalue weighted by molar-refractivity contribution is -0.617. The lowest BCUT2D eigenvalue weighted by Crippen LogP contribution is -2.31. The van der Waals surface area contributed by atoms with Gasteiger partial charge in [0, 0.05) is 17.0 Å². The molecule has 1 aromatic heterocycles. The first-order valence-corrected chi connectivity index (χ1v) is 8.64. The molecule has 0 radical (unpaired) electrons. The van der Waals surface area contributed by atoms with Crippen molar-refractivity contribution in [3.63, 3.8) is 0 Å². The van der Waals surface area contributed by atoms with Crippen molar-refractivity contribution in [2.45, 2.75) is 4.90 Å². The van der Waals surface area contributed by atoms with Crippen LogP contribution >= 0.6 is 11.8 Å². The van der Waals surface area contributed by atoms with Gasteiger partial charge in [-0.2, -0.15) is 4.57 Å². The van der Waals surface area contributed by atoms with Crippen LogP contribution in [0.2, 0.25) is 0 Å². The summed E-state index contributed by atoms with van der Waals surface area (Å²) in [5.74, 6) is 0. The second kappa shape index (κ2) is 6.10. The molecule has 0 bridgehead atoms. The summed E-state index contributed by atoms with van der Waals surface area (Å²) in [4.78, 5) is 14.1. The second-order valence-corrected chi connectivity index (χ2v) is 6.72. The summed E-state index contributed by atoms with van der Waals surface area (Å²) in [5.41, 5.74) is 2.91. The average Bonchev–Trinajstić information content (AvgIpc) is 2.63. The van der Waals surface area contributed by atoms with E-state index in [1.165, 1.54) is 11.8 Å². The molecule has 4 rings (SSSR count). The molecule has 0 unspecified atom stereocenters. The van der Waals surface area contributed by atoms with Crippen molar-refractivity contribution in [1.82, 2.24) is 0 Å². The maximum absolute atomic E-state index is 13.1. The summed E-state index contributed by atoms with van der Waals surface area (Å²) in [6.45, 7) is 0. The summed E-state index contributed by atoms with van der Waals surface area (Å²) in [6.07, 6.45) is 0. The van der Waals surface area contributed by atoms with Crippen LogP contribution in [0.4, 0.5) is 0 Å². The van der Waals surface area contributed by atoms with Crippen molar-refractivity contribution in [1.29, 1.82) is 0 Å². The number of aromatic nitrogens is 1. The highest BCUT2D eigenvalue weighted by atomic mass is 32.2. The molecule has 4 aromatic rings. The fraction of sp³-hybridized carbons (Fsp3) is 0.0476. The molecule has 3 aromatic carbocycles. The van der Waals surface area contributed by atoms with Crippen LogP contribution in [0.25, 0.3) is 21.8 Å². The van der Waals surface area contributed by atoms with Crippen molar-refractivity contribution in [2.24, 2.45) is 7.05 Å². The number of fused-ring (bicyclic) bond motifs is 2. The van der Waals surface area contributed by atoms with E-state index in [1.54, 1.807) is 0 Å². The quantitative estimate of drug-likeness (QED) is 0.300. The molecule has 116 valence electrons. The highest BCUT2D eigenvalue weighted by molar-refractivity contribution is 8.14. The van der Waals surface area contributed by atoms with Crippen LogP contribution in [0.15, 0.2) is 83.8 Å². The van der Waals surface area contributed by atoms with Crippen molar-refractivity contribution in [3.05, 3.63) is 84.4 Å². The third-order valence-corrected chi connectivity index (χ3v) is 5.12. The molecular formula is C21H16NOS+. The van der Waals surface area contributed by atoms with Crippen LogP contribution < -0.4 is 4.57 Å². The number of benzene rings is 3. The first-order valence-electron chi connectivity index (χ1n) is 7.82. The fourth-order valence-electron chi connectivity index (χ4n) is 3.10. The molecule has 0 aliphatic carbocycles. The Kier molecular flexibility index (Phi) is 3.79. The number of rotatable bonds is 2. The minimum absolute atomic E-state index is 0.0780. The van der Waals surface area contributed by atoms with E-state index in [0.29, 0.717) is 0 Å². The van der Waals surface area contributed by atoms with Crippen LogP contribution in [0.5, 0.6) is 0 Å². The molecule has 0 atom stereocenters. The number of para-hydroxylation sites is 2. The monoisotopic (exact) mass is 330 g/mol. The van der Waals surface area contributed by atoms with E-state index < -0.39 is 0 Å². The molecule has 0 aliphatic heterocycles. The van der Waals surface area contributed by atoms with Gasteiger partial charge in [0.1, 0.15) is 7.05 Å². The Hall–Kier alpha value is -2.65. The van der Waals surface area contributed by atoms with Crippen molar-refractivity contribution in [2.75, 3.05) is 0 Å². The van der Waals surface area contributed by atoms with Gasteiger partial charge in [-0.15, -0.1) is 0 Å². The lowest BCUT2D eigenvalue weighted by atomic mass is 10.0. The van der Waals surface area contributed by atoms with E-state index in [0.717, 1.165) is 32.3 Å². The second-order valence-electron chi connectivity index (χ2n) is 5.67. The molecule has 0 aliphatic rings. The van der Waals surface area contributed by atoms with Crippen LogP contribution in [-0.4, -0.2) is 5.12 Å². The number of carbonyl (C=O) groups is 1. The van der Waals surface area contributed by atoms with Gasteiger partial charge in [0.05, 0.1) is 16.3 Å². The average molecular weight is 330 g/mol. The summed E-state index contributed by atoms with van der Waals surface area (Å²) in [5, 5.41) is 2.06. The molecular weight excluding hydrogens is 314 g/mol. The summed E-state index contributed by atoms with van der Waals surface area (Å²) in [6, 6.07) is 26.0.